The van der Waals surface area contributed by atoms with Gasteiger partial charge >= 0.3 is 0 Å². The van der Waals surface area contributed by atoms with Crippen molar-refractivity contribution >= 4 is 21.6 Å². The van der Waals surface area contributed by atoms with E-state index >= 15 is 0 Å². The largest absolute Gasteiger partial charge is 0.374 e. The number of nitrogens with zero attached hydrogens (tertiary/aromatic N) is 1. The van der Waals surface area contributed by atoms with Gasteiger partial charge in [0.25, 0.3) is 0 Å². The number of benzene rings is 1. The van der Waals surface area contributed by atoms with Crippen molar-refractivity contribution in [2.24, 2.45) is 0 Å². The van der Waals surface area contributed by atoms with Crippen molar-refractivity contribution in [1.29, 1.82) is 0 Å². The number of halogens is 1. The fraction of sp³-hybridized carbons (Fsp3) is 0.625. The zero-order valence-electron chi connectivity index (χ0n) is 11.6. The number of ether oxygens (including phenoxy) is 1. The Kier molecular flexibility index (Phi) is 4.13. The van der Waals surface area contributed by atoms with Gasteiger partial charge in [0.2, 0.25) is 0 Å². The highest BCUT2D eigenvalue weighted by Crippen LogP contribution is 2.33. The van der Waals surface area contributed by atoms with Gasteiger partial charge in [0.1, 0.15) is 0 Å². The van der Waals surface area contributed by atoms with Crippen molar-refractivity contribution in [2.75, 3.05) is 18.1 Å². The lowest BCUT2D eigenvalue weighted by Crippen LogP contribution is -2.53. The molecule has 1 aromatic carbocycles. The van der Waals surface area contributed by atoms with Gasteiger partial charge < -0.3 is 9.64 Å². The molecule has 0 spiro atoms. The third kappa shape index (κ3) is 2.68. The quantitative estimate of drug-likeness (QED) is 0.762. The van der Waals surface area contributed by atoms with Crippen LogP contribution in [0.4, 0.5) is 5.69 Å². The normalized spacial score (nSPS) is 27.2. The number of fused-ring (bicyclic) bond motifs is 1. The van der Waals surface area contributed by atoms with Gasteiger partial charge in [0.15, 0.2) is 0 Å². The van der Waals surface area contributed by atoms with Crippen LogP contribution in [-0.2, 0) is 10.1 Å². The highest BCUT2D eigenvalue weighted by molar-refractivity contribution is 9.08. The van der Waals surface area contributed by atoms with Gasteiger partial charge in [0.05, 0.1) is 18.8 Å². The summed E-state index contributed by atoms with van der Waals surface area (Å²) < 4.78 is 5.97. The van der Waals surface area contributed by atoms with Crippen LogP contribution < -0.4 is 4.90 Å². The molecule has 104 valence electrons. The van der Waals surface area contributed by atoms with E-state index in [1.165, 1.54) is 42.5 Å². The molecule has 0 N–H and O–H groups in total. The number of alkyl halides is 1. The highest BCUT2D eigenvalue weighted by Gasteiger charge is 2.34. The molecule has 0 radical (unpaired) electrons. The smallest absolute Gasteiger partial charge is 0.0779 e. The minimum atomic E-state index is 0.456. The summed E-state index contributed by atoms with van der Waals surface area (Å²) in [6.45, 7) is 4.14. The lowest BCUT2D eigenvalue weighted by Gasteiger charge is -2.45. The summed E-state index contributed by atoms with van der Waals surface area (Å²) in [4.78, 5) is 2.60. The van der Waals surface area contributed by atoms with Gasteiger partial charge in [-0.1, -0.05) is 40.9 Å². The Hall–Kier alpha value is -0.540. The van der Waals surface area contributed by atoms with Crippen molar-refractivity contribution in [2.45, 2.75) is 50.1 Å². The summed E-state index contributed by atoms with van der Waals surface area (Å²) in [5.41, 5.74) is 4.16. The first-order valence-electron chi connectivity index (χ1n) is 7.33. The third-order valence-electron chi connectivity index (χ3n) is 4.46. The molecule has 0 bridgehead atoms. The molecular formula is C16H22BrNO. The number of aryl methyl sites for hydroxylation is 1. The SMILES string of the molecule is Cc1cc(CBr)ccc1N1CCOC2CCCCC21. The molecule has 1 aliphatic carbocycles. The predicted molar refractivity (Wildman–Crippen MR) is 83.2 cm³/mol. The van der Waals surface area contributed by atoms with E-state index in [1.807, 2.05) is 0 Å². The fourth-order valence-corrected chi connectivity index (χ4v) is 3.87. The Bertz CT molecular complexity index is 446. The van der Waals surface area contributed by atoms with E-state index in [2.05, 4.69) is 46.0 Å². The van der Waals surface area contributed by atoms with Gasteiger partial charge in [-0.15, -0.1) is 0 Å². The Balaban J connectivity index is 1.87. The number of morpholine rings is 1. The molecule has 1 saturated heterocycles. The van der Waals surface area contributed by atoms with Crippen LogP contribution in [0.3, 0.4) is 0 Å². The van der Waals surface area contributed by atoms with Crippen LogP contribution in [-0.4, -0.2) is 25.3 Å². The van der Waals surface area contributed by atoms with Crippen LogP contribution in [0.2, 0.25) is 0 Å². The summed E-state index contributed by atoms with van der Waals surface area (Å²) in [5.74, 6) is 0. The Morgan fingerprint density at radius 1 is 1.32 bits per heavy atom. The van der Waals surface area contributed by atoms with Gasteiger partial charge in [-0.2, -0.15) is 0 Å². The van der Waals surface area contributed by atoms with Crippen molar-refractivity contribution < 1.29 is 4.74 Å². The molecular weight excluding hydrogens is 302 g/mol. The standard InChI is InChI=1S/C16H22BrNO/c1-12-10-13(11-17)6-7-14(12)18-8-9-19-16-5-3-2-4-15(16)18/h6-7,10,15-16H,2-5,8-9,11H2,1H3. The average molecular weight is 324 g/mol. The monoisotopic (exact) mass is 323 g/mol. The molecule has 0 amide bonds. The maximum Gasteiger partial charge on any atom is 0.0779 e. The Morgan fingerprint density at radius 3 is 2.95 bits per heavy atom. The highest BCUT2D eigenvalue weighted by atomic mass is 79.9. The molecule has 19 heavy (non-hydrogen) atoms. The predicted octanol–water partition coefficient (Wildman–Crippen LogP) is 4.04. The molecule has 2 atom stereocenters. The minimum absolute atomic E-state index is 0.456. The van der Waals surface area contributed by atoms with E-state index in [-0.39, 0.29) is 0 Å². The number of anilines is 1. The first kappa shape index (κ1) is 13.4. The van der Waals surface area contributed by atoms with E-state index in [1.54, 1.807) is 0 Å². The summed E-state index contributed by atoms with van der Waals surface area (Å²) in [5, 5.41) is 0.934. The first-order chi connectivity index (χ1) is 9.29. The molecule has 1 heterocycles. The van der Waals surface area contributed by atoms with Gasteiger partial charge in [-0.3, -0.25) is 0 Å². The van der Waals surface area contributed by atoms with Crippen LogP contribution in [0.1, 0.15) is 36.8 Å². The van der Waals surface area contributed by atoms with Gasteiger partial charge in [-0.05, 0) is 37.0 Å². The first-order valence-corrected chi connectivity index (χ1v) is 8.45. The zero-order valence-corrected chi connectivity index (χ0v) is 13.2. The van der Waals surface area contributed by atoms with E-state index in [9.17, 15) is 0 Å². The average Bonchev–Trinajstić information content (AvgIpc) is 2.46. The molecule has 1 aliphatic heterocycles. The number of hydrogen-bond acceptors (Lipinski definition) is 2. The summed E-state index contributed by atoms with van der Waals surface area (Å²) in [6.07, 6.45) is 5.65. The molecule has 2 unspecified atom stereocenters. The second kappa shape index (κ2) is 5.84. The number of rotatable bonds is 2. The molecule has 1 saturated carbocycles. The minimum Gasteiger partial charge on any atom is -0.374 e. The van der Waals surface area contributed by atoms with Gasteiger partial charge in [-0.25, -0.2) is 0 Å². The second-order valence-corrected chi connectivity index (χ2v) is 6.27. The van der Waals surface area contributed by atoms with Gasteiger partial charge in [0, 0.05) is 17.6 Å². The van der Waals surface area contributed by atoms with Crippen molar-refractivity contribution in [3.05, 3.63) is 29.3 Å². The second-order valence-electron chi connectivity index (χ2n) is 5.71. The maximum atomic E-state index is 5.97. The van der Waals surface area contributed by atoms with Crippen molar-refractivity contribution in [1.82, 2.24) is 0 Å². The Morgan fingerprint density at radius 2 is 2.16 bits per heavy atom. The summed E-state index contributed by atoms with van der Waals surface area (Å²) in [7, 11) is 0. The molecule has 3 rings (SSSR count). The fourth-order valence-electron chi connectivity index (χ4n) is 3.52. The summed E-state index contributed by atoms with van der Waals surface area (Å²) in [6, 6.07) is 7.43. The van der Waals surface area contributed by atoms with E-state index in [4.69, 9.17) is 4.74 Å². The lowest BCUT2D eigenvalue weighted by molar-refractivity contribution is -0.00871. The molecule has 2 fully saturated rings. The molecule has 2 aliphatic rings. The molecule has 3 heteroatoms. The van der Waals surface area contributed by atoms with Crippen LogP contribution in [0.15, 0.2) is 18.2 Å². The Labute approximate surface area is 124 Å². The van der Waals surface area contributed by atoms with E-state index in [0.717, 1.165) is 18.5 Å². The maximum absolute atomic E-state index is 5.97. The van der Waals surface area contributed by atoms with Crippen LogP contribution in [0.5, 0.6) is 0 Å². The molecule has 2 nitrogen and oxygen atoms in total. The third-order valence-corrected chi connectivity index (χ3v) is 5.10. The van der Waals surface area contributed by atoms with E-state index < -0.39 is 0 Å². The zero-order chi connectivity index (χ0) is 13.2. The van der Waals surface area contributed by atoms with Crippen molar-refractivity contribution in [3.63, 3.8) is 0 Å². The van der Waals surface area contributed by atoms with Crippen LogP contribution in [0.25, 0.3) is 0 Å². The van der Waals surface area contributed by atoms with Crippen molar-refractivity contribution in [3.8, 4) is 0 Å². The molecule has 1 aromatic rings. The molecule has 0 aromatic heterocycles. The van der Waals surface area contributed by atoms with Crippen LogP contribution >= 0.6 is 15.9 Å². The summed E-state index contributed by atoms with van der Waals surface area (Å²) >= 11 is 3.53. The van der Waals surface area contributed by atoms with E-state index in [0.29, 0.717) is 12.1 Å². The lowest BCUT2D eigenvalue weighted by atomic mass is 9.89. The topological polar surface area (TPSA) is 12.5 Å². The van der Waals surface area contributed by atoms with Crippen LogP contribution in [0, 0.1) is 6.92 Å². The number of hydrogen-bond donors (Lipinski definition) is 0.